The third-order valence-corrected chi connectivity index (χ3v) is 6.06. The largest absolute Gasteiger partial charge is 0.378 e. The van der Waals surface area contributed by atoms with Crippen LogP contribution in [0.4, 0.5) is 0 Å². The highest BCUT2D eigenvalue weighted by Gasteiger charge is 2.27. The lowest BCUT2D eigenvalue weighted by atomic mass is 10.1. The first kappa shape index (κ1) is 17.1. The van der Waals surface area contributed by atoms with Gasteiger partial charge >= 0.3 is 0 Å². The molecule has 0 N–H and O–H groups in total. The monoisotopic (exact) mass is 349 g/mol. The molecule has 1 atom stereocenters. The van der Waals surface area contributed by atoms with Crippen molar-refractivity contribution in [2.24, 2.45) is 0 Å². The van der Waals surface area contributed by atoms with Crippen molar-refractivity contribution < 1.29 is 13.2 Å². The standard InChI is InChI=1S/C17H23N3O3S/c1-3-20-16(15-9-5-4-7-13(15)2)18-19-17(20)24(21,22)12-10-14-8-6-11-23-14/h4-5,7,9,14H,3,6,8,10-12H2,1-2H3/t14-/m1/s1. The maximum Gasteiger partial charge on any atom is 0.249 e. The quantitative estimate of drug-likeness (QED) is 0.801. The van der Waals surface area contributed by atoms with Crippen molar-refractivity contribution >= 4 is 9.84 Å². The first-order valence-electron chi connectivity index (χ1n) is 8.36. The summed E-state index contributed by atoms with van der Waals surface area (Å²) in [6.45, 7) is 5.12. The number of aryl methyl sites for hydroxylation is 1. The van der Waals surface area contributed by atoms with Gasteiger partial charge in [-0.1, -0.05) is 24.3 Å². The zero-order valence-electron chi connectivity index (χ0n) is 14.1. The molecule has 0 aliphatic carbocycles. The van der Waals surface area contributed by atoms with Crippen LogP contribution < -0.4 is 0 Å². The lowest BCUT2D eigenvalue weighted by Crippen LogP contribution is -2.18. The highest BCUT2D eigenvalue weighted by molar-refractivity contribution is 7.91. The molecule has 0 bridgehead atoms. The van der Waals surface area contributed by atoms with Gasteiger partial charge in [0.2, 0.25) is 15.0 Å². The fraction of sp³-hybridized carbons (Fsp3) is 0.529. The molecule has 0 amide bonds. The number of nitrogens with zero attached hydrogens (tertiary/aromatic N) is 3. The predicted molar refractivity (Wildman–Crippen MR) is 91.5 cm³/mol. The average Bonchev–Trinajstić information content (AvgIpc) is 3.23. The Morgan fingerprint density at radius 2 is 2.08 bits per heavy atom. The molecule has 24 heavy (non-hydrogen) atoms. The van der Waals surface area contributed by atoms with Crippen LogP contribution in [0.5, 0.6) is 0 Å². The summed E-state index contributed by atoms with van der Waals surface area (Å²) in [5, 5.41) is 8.23. The van der Waals surface area contributed by atoms with E-state index in [9.17, 15) is 8.42 Å². The third kappa shape index (κ3) is 3.37. The lowest BCUT2D eigenvalue weighted by molar-refractivity contribution is 0.109. The van der Waals surface area contributed by atoms with Crippen LogP contribution in [0.1, 0.15) is 31.7 Å². The molecule has 1 aromatic carbocycles. The van der Waals surface area contributed by atoms with Gasteiger partial charge in [-0.25, -0.2) is 8.42 Å². The summed E-state index contributed by atoms with van der Waals surface area (Å²) in [6.07, 6.45) is 2.50. The van der Waals surface area contributed by atoms with Gasteiger partial charge in [0, 0.05) is 18.7 Å². The van der Waals surface area contributed by atoms with E-state index in [1.165, 1.54) is 0 Å². The van der Waals surface area contributed by atoms with E-state index in [-0.39, 0.29) is 17.0 Å². The Morgan fingerprint density at radius 1 is 1.29 bits per heavy atom. The zero-order chi connectivity index (χ0) is 17.2. The van der Waals surface area contributed by atoms with Gasteiger partial charge in [-0.2, -0.15) is 0 Å². The number of ether oxygens (including phenoxy) is 1. The molecule has 2 heterocycles. The Balaban J connectivity index is 1.89. The molecule has 1 aliphatic heterocycles. The topological polar surface area (TPSA) is 74.1 Å². The van der Waals surface area contributed by atoms with Crippen molar-refractivity contribution in [3.63, 3.8) is 0 Å². The molecule has 0 saturated carbocycles. The van der Waals surface area contributed by atoms with Crippen molar-refractivity contribution in [1.29, 1.82) is 0 Å². The van der Waals surface area contributed by atoms with Crippen LogP contribution in [-0.4, -0.2) is 41.6 Å². The summed E-state index contributed by atoms with van der Waals surface area (Å²) in [4.78, 5) is 0. The van der Waals surface area contributed by atoms with Crippen molar-refractivity contribution in [3.8, 4) is 11.4 Å². The first-order valence-corrected chi connectivity index (χ1v) is 10.0. The molecule has 2 aromatic rings. The van der Waals surface area contributed by atoms with E-state index in [1.54, 1.807) is 4.57 Å². The molecule has 1 aromatic heterocycles. The molecule has 1 aliphatic rings. The van der Waals surface area contributed by atoms with E-state index < -0.39 is 9.84 Å². The number of sulfone groups is 1. The molecule has 0 unspecified atom stereocenters. The van der Waals surface area contributed by atoms with Crippen molar-refractivity contribution in [1.82, 2.24) is 14.8 Å². The van der Waals surface area contributed by atoms with E-state index in [2.05, 4.69) is 10.2 Å². The summed E-state index contributed by atoms with van der Waals surface area (Å²) >= 11 is 0. The number of rotatable bonds is 6. The van der Waals surface area contributed by atoms with Crippen molar-refractivity contribution in [3.05, 3.63) is 29.8 Å². The van der Waals surface area contributed by atoms with Gasteiger partial charge in [-0.3, -0.25) is 4.57 Å². The Morgan fingerprint density at radius 3 is 2.75 bits per heavy atom. The maximum absolute atomic E-state index is 12.7. The fourth-order valence-corrected chi connectivity index (χ4v) is 4.55. The normalized spacial score (nSPS) is 18.2. The molecule has 1 fully saturated rings. The van der Waals surface area contributed by atoms with Gasteiger partial charge in [0.15, 0.2) is 5.82 Å². The summed E-state index contributed by atoms with van der Waals surface area (Å²) in [7, 11) is -3.48. The fourth-order valence-electron chi connectivity index (χ4n) is 3.08. The minimum atomic E-state index is -3.48. The Hall–Kier alpha value is -1.73. The van der Waals surface area contributed by atoms with Crippen LogP contribution in [0.15, 0.2) is 29.4 Å². The minimum Gasteiger partial charge on any atom is -0.378 e. The highest BCUT2D eigenvalue weighted by atomic mass is 32.2. The summed E-state index contributed by atoms with van der Waals surface area (Å²) < 4.78 is 32.7. The molecule has 1 saturated heterocycles. The van der Waals surface area contributed by atoms with Crippen LogP contribution in [0.2, 0.25) is 0 Å². The lowest BCUT2D eigenvalue weighted by Gasteiger charge is -2.11. The summed E-state index contributed by atoms with van der Waals surface area (Å²) in [5.74, 6) is 0.648. The third-order valence-electron chi connectivity index (χ3n) is 4.43. The Bertz CT molecular complexity index is 808. The summed E-state index contributed by atoms with van der Waals surface area (Å²) in [5.41, 5.74) is 1.95. The zero-order valence-corrected chi connectivity index (χ0v) is 14.9. The van der Waals surface area contributed by atoms with Crippen LogP contribution in [-0.2, 0) is 21.1 Å². The molecule has 7 heteroatoms. The van der Waals surface area contributed by atoms with Crippen LogP contribution >= 0.6 is 0 Å². The molecular formula is C17H23N3O3S. The second-order valence-electron chi connectivity index (χ2n) is 6.11. The average molecular weight is 349 g/mol. The molecule has 0 spiro atoms. The van der Waals surface area contributed by atoms with Gasteiger partial charge in [-0.15, -0.1) is 10.2 Å². The van der Waals surface area contributed by atoms with E-state index in [1.807, 2.05) is 38.1 Å². The maximum atomic E-state index is 12.7. The number of hydrogen-bond donors (Lipinski definition) is 0. The van der Waals surface area contributed by atoms with E-state index >= 15 is 0 Å². The van der Waals surface area contributed by atoms with Gasteiger partial charge < -0.3 is 4.74 Å². The van der Waals surface area contributed by atoms with E-state index in [0.29, 0.717) is 18.8 Å². The van der Waals surface area contributed by atoms with E-state index in [0.717, 1.165) is 30.6 Å². The molecule has 130 valence electrons. The highest BCUT2D eigenvalue weighted by Crippen LogP contribution is 2.25. The van der Waals surface area contributed by atoms with E-state index in [4.69, 9.17) is 4.74 Å². The van der Waals surface area contributed by atoms with Gasteiger partial charge in [0.05, 0.1) is 11.9 Å². The van der Waals surface area contributed by atoms with Crippen LogP contribution in [0.3, 0.4) is 0 Å². The van der Waals surface area contributed by atoms with Crippen LogP contribution in [0, 0.1) is 6.92 Å². The van der Waals surface area contributed by atoms with Gasteiger partial charge in [0.25, 0.3) is 0 Å². The van der Waals surface area contributed by atoms with Gasteiger partial charge in [0.1, 0.15) is 0 Å². The van der Waals surface area contributed by atoms with Gasteiger partial charge in [-0.05, 0) is 38.7 Å². The second-order valence-corrected chi connectivity index (χ2v) is 8.11. The summed E-state index contributed by atoms with van der Waals surface area (Å²) in [6, 6.07) is 7.79. The predicted octanol–water partition coefficient (Wildman–Crippen LogP) is 2.62. The first-order chi connectivity index (χ1) is 11.5. The van der Waals surface area contributed by atoms with Crippen LogP contribution in [0.25, 0.3) is 11.4 Å². The van der Waals surface area contributed by atoms with Crippen molar-refractivity contribution in [2.75, 3.05) is 12.4 Å². The number of hydrogen-bond acceptors (Lipinski definition) is 5. The SMILES string of the molecule is CCn1c(-c2ccccc2C)nnc1S(=O)(=O)CC[C@H]1CCCO1. The van der Waals surface area contributed by atoms with Crippen molar-refractivity contribution in [2.45, 2.75) is 50.9 Å². The molecule has 6 nitrogen and oxygen atoms in total. The molecular weight excluding hydrogens is 326 g/mol. The number of benzene rings is 1. The minimum absolute atomic E-state index is 0.0452. The smallest absolute Gasteiger partial charge is 0.249 e. The molecule has 3 rings (SSSR count). The molecule has 0 radical (unpaired) electrons. The second kappa shape index (κ2) is 7.03. The number of aromatic nitrogens is 3. The Kier molecular flexibility index (Phi) is 5.01. The Labute approximate surface area is 142 Å².